The predicted octanol–water partition coefficient (Wildman–Crippen LogP) is 1.80. The fourth-order valence-electron chi connectivity index (χ4n) is 2.49. The molecule has 6 nitrogen and oxygen atoms in total. The van der Waals surface area contributed by atoms with Crippen LogP contribution in [0.4, 0.5) is 0 Å². The summed E-state index contributed by atoms with van der Waals surface area (Å²) in [5.74, 6) is 1.73. The van der Waals surface area contributed by atoms with E-state index in [0.717, 1.165) is 5.56 Å². The van der Waals surface area contributed by atoms with Crippen molar-refractivity contribution in [3.05, 3.63) is 23.8 Å². The van der Waals surface area contributed by atoms with E-state index in [0.29, 0.717) is 36.8 Å². The molecule has 1 fully saturated rings. The summed E-state index contributed by atoms with van der Waals surface area (Å²) in [5.41, 5.74) is 0.967. The van der Waals surface area contributed by atoms with Crippen LogP contribution in [0.15, 0.2) is 18.2 Å². The van der Waals surface area contributed by atoms with Gasteiger partial charge in [-0.2, -0.15) is 0 Å². The SMILES string of the molecule is CCNC(=O)CCN1C(=O)CS[C@@H]1c1ccc(OC)c(OC)c1. The Kier molecular flexibility index (Phi) is 6.15. The molecule has 126 valence electrons. The number of nitrogens with zero attached hydrogens (tertiary/aromatic N) is 1. The number of nitrogens with one attached hydrogen (secondary N) is 1. The van der Waals surface area contributed by atoms with Gasteiger partial charge in [0.15, 0.2) is 11.5 Å². The van der Waals surface area contributed by atoms with Crippen LogP contribution in [-0.2, 0) is 9.59 Å². The van der Waals surface area contributed by atoms with Crippen LogP contribution in [0.2, 0.25) is 0 Å². The molecule has 2 rings (SSSR count). The third-order valence-electron chi connectivity index (χ3n) is 3.61. The molecule has 0 unspecified atom stereocenters. The largest absolute Gasteiger partial charge is 0.493 e. The third kappa shape index (κ3) is 4.10. The predicted molar refractivity (Wildman–Crippen MR) is 89.8 cm³/mol. The van der Waals surface area contributed by atoms with Crippen molar-refractivity contribution in [3.63, 3.8) is 0 Å². The van der Waals surface area contributed by atoms with E-state index in [1.165, 1.54) is 0 Å². The van der Waals surface area contributed by atoms with Crippen molar-refractivity contribution in [3.8, 4) is 11.5 Å². The first-order chi connectivity index (χ1) is 11.1. The average molecular weight is 338 g/mol. The van der Waals surface area contributed by atoms with Crippen LogP contribution in [0.1, 0.15) is 24.3 Å². The normalized spacial score (nSPS) is 17.3. The number of amides is 2. The highest BCUT2D eigenvalue weighted by molar-refractivity contribution is 8.00. The quantitative estimate of drug-likeness (QED) is 0.821. The number of carbonyl (C=O) groups is 2. The van der Waals surface area contributed by atoms with Crippen molar-refractivity contribution in [1.29, 1.82) is 0 Å². The smallest absolute Gasteiger partial charge is 0.233 e. The molecule has 1 saturated heterocycles. The monoisotopic (exact) mass is 338 g/mol. The Labute approximate surface area is 140 Å². The molecule has 2 amide bonds. The molecule has 1 aromatic rings. The Morgan fingerprint density at radius 3 is 2.74 bits per heavy atom. The van der Waals surface area contributed by atoms with E-state index in [9.17, 15) is 9.59 Å². The van der Waals surface area contributed by atoms with E-state index in [1.807, 2.05) is 25.1 Å². The number of hydrogen-bond donors (Lipinski definition) is 1. The Morgan fingerprint density at radius 2 is 2.09 bits per heavy atom. The highest BCUT2D eigenvalue weighted by Crippen LogP contribution is 2.41. The minimum absolute atomic E-state index is 0.0386. The lowest BCUT2D eigenvalue weighted by atomic mass is 10.1. The Bertz CT molecular complexity index is 579. The van der Waals surface area contributed by atoms with Crippen molar-refractivity contribution < 1.29 is 19.1 Å². The second kappa shape index (κ2) is 8.10. The Balaban J connectivity index is 2.13. The van der Waals surface area contributed by atoms with Crippen LogP contribution in [0.25, 0.3) is 0 Å². The molecular formula is C16H22N2O4S. The molecule has 1 atom stereocenters. The van der Waals surface area contributed by atoms with E-state index in [-0.39, 0.29) is 17.2 Å². The Morgan fingerprint density at radius 1 is 1.35 bits per heavy atom. The van der Waals surface area contributed by atoms with Crippen LogP contribution in [0, 0.1) is 0 Å². The fraction of sp³-hybridized carbons (Fsp3) is 0.500. The minimum Gasteiger partial charge on any atom is -0.493 e. The molecule has 1 aromatic carbocycles. The molecule has 1 N–H and O–H groups in total. The molecule has 1 aliphatic rings. The molecule has 0 saturated carbocycles. The number of carbonyl (C=O) groups excluding carboxylic acids is 2. The van der Waals surface area contributed by atoms with Gasteiger partial charge >= 0.3 is 0 Å². The van der Waals surface area contributed by atoms with Gasteiger partial charge < -0.3 is 19.7 Å². The summed E-state index contributed by atoms with van der Waals surface area (Å²) in [5, 5.41) is 2.65. The van der Waals surface area contributed by atoms with E-state index in [4.69, 9.17) is 9.47 Å². The highest BCUT2D eigenvalue weighted by Gasteiger charge is 2.33. The van der Waals surface area contributed by atoms with Gasteiger partial charge in [-0.15, -0.1) is 11.8 Å². The topological polar surface area (TPSA) is 67.9 Å². The molecule has 0 aromatic heterocycles. The van der Waals surface area contributed by atoms with Gasteiger partial charge in [-0.05, 0) is 24.6 Å². The summed E-state index contributed by atoms with van der Waals surface area (Å²) in [4.78, 5) is 25.5. The van der Waals surface area contributed by atoms with Crippen LogP contribution < -0.4 is 14.8 Å². The number of thioether (sulfide) groups is 1. The van der Waals surface area contributed by atoms with Gasteiger partial charge in [0.25, 0.3) is 0 Å². The van der Waals surface area contributed by atoms with E-state index < -0.39 is 0 Å². The molecule has 0 radical (unpaired) electrons. The molecule has 23 heavy (non-hydrogen) atoms. The van der Waals surface area contributed by atoms with Crippen molar-refractivity contribution in [2.24, 2.45) is 0 Å². The number of ether oxygens (including phenoxy) is 2. The van der Waals surface area contributed by atoms with Crippen LogP contribution in [0.3, 0.4) is 0 Å². The van der Waals surface area contributed by atoms with Gasteiger partial charge in [-0.25, -0.2) is 0 Å². The van der Waals surface area contributed by atoms with Crippen molar-refractivity contribution in [1.82, 2.24) is 10.2 Å². The standard InChI is InChI=1S/C16H22N2O4S/c1-4-17-14(19)7-8-18-15(20)10-23-16(18)11-5-6-12(21-2)13(9-11)22-3/h5-6,9,16H,4,7-8,10H2,1-3H3,(H,17,19)/t16-/m1/s1. The van der Waals surface area contributed by atoms with Crippen molar-refractivity contribution in [2.75, 3.05) is 33.1 Å². The maximum atomic E-state index is 12.1. The second-order valence-corrected chi connectivity index (χ2v) is 6.14. The summed E-state index contributed by atoms with van der Waals surface area (Å²) in [6, 6.07) is 5.64. The highest BCUT2D eigenvalue weighted by atomic mass is 32.2. The van der Waals surface area contributed by atoms with Crippen LogP contribution >= 0.6 is 11.8 Å². The first-order valence-corrected chi connectivity index (χ1v) is 8.55. The molecule has 1 aliphatic heterocycles. The lowest BCUT2D eigenvalue weighted by Gasteiger charge is -2.24. The summed E-state index contributed by atoms with van der Waals surface area (Å²) in [6.45, 7) is 2.89. The maximum absolute atomic E-state index is 12.1. The number of methoxy groups -OCH3 is 2. The third-order valence-corrected chi connectivity index (χ3v) is 4.87. The van der Waals surface area contributed by atoms with Gasteiger partial charge in [-0.1, -0.05) is 6.07 Å². The average Bonchev–Trinajstić information content (AvgIpc) is 2.93. The second-order valence-electron chi connectivity index (χ2n) is 5.07. The fourth-order valence-corrected chi connectivity index (χ4v) is 3.69. The van der Waals surface area contributed by atoms with Crippen molar-refractivity contribution >= 4 is 23.6 Å². The lowest BCUT2D eigenvalue weighted by Crippen LogP contribution is -2.33. The van der Waals surface area contributed by atoms with Crippen LogP contribution in [0.5, 0.6) is 11.5 Å². The minimum atomic E-state index is -0.100. The number of benzene rings is 1. The number of hydrogen-bond acceptors (Lipinski definition) is 5. The summed E-state index contributed by atoms with van der Waals surface area (Å²) < 4.78 is 10.6. The first kappa shape index (κ1) is 17.5. The van der Waals surface area contributed by atoms with Gasteiger partial charge in [-0.3, -0.25) is 9.59 Å². The molecule has 0 spiro atoms. The van der Waals surface area contributed by atoms with E-state index in [2.05, 4.69) is 5.32 Å². The zero-order valence-electron chi connectivity index (χ0n) is 13.6. The van der Waals surface area contributed by atoms with Gasteiger partial charge in [0.2, 0.25) is 11.8 Å². The zero-order chi connectivity index (χ0) is 16.8. The van der Waals surface area contributed by atoms with E-state index >= 15 is 0 Å². The Hall–Kier alpha value is -1.89. The molecule has 7 heteroatoms. The molecule has 0 aliphatic carbocycles. The summed E-state index contributed by atoms with van der Waals surface area (Å²) in [7, 11) is 3.17. The molecule has 1 heterocycles. The van der Waals surface area contributed by atoms with Gasteiger partial charge in [0, 0.05) is 19.5 Å². The summed E-state index contributed by atoms with van der Waals surface area (Å²) in [6.07, 6.45) is 0.309. The van der Waals surface area contributed by atoms with Crippen LogP contribution in [-0.4, -0.2) is 49.8 Å². The van der Waals surface area contributed by atoms with E-state index in [1.54, 1.807) is 30.9 Å². The summed E-state index contributed by atoms with van der Waals surface area (Å²) >= 11 is 1.56. The lowest BCUT2D eigenvalue weighted by molar-refractivity contribution is -0.129. The van der Waals surface area contributed by atoms with Gasteiger partial charge in [0.1, 0.15) is 5.37 Å². The maximum Gasteiger partial charge on any atom is 0.233 e. The molecule has 0 bridgehead atoms. The molecular weight excluding hydrogens is 316 g/mol. The number of rotatable bonds is 7. The first-order valence-electron chi connectivity index (χ1n) is 7.50. The zero-order valence-corrected chi connectivity index (χ0v) is 14.4. The van der Waals surface area contributed by atoms with Crippen molar-refractivity contribution in [2.45, 2.75) is 18.7 Å². The van der Waals surface area contributed by atoms with Gasteiger partial charge in [0.05, 0.1) is 20.0 Å².